The number of fused-ring (bicyclic) bond motifs is 1. The van der Waals surface area contributed by atoms with E-state index in [9.17, 15) is 4.79 Å². The molecule has 0 aliphatic heterocycles. The third kappa shape index (κ3) is 4.74. The van der Waals surface area contributed by atoms with Crippen LogP contribution in [0.3, 0.4) is 0 Å². The predicted molar refractivity (Wildman–Crippen MR) is 122 cm³/mol. The van der Waals surface area contributed by atoms with Crippen molar-refractivity contribution >= 4 is 44.4 Å². The maximum absolute atomic E-state index is 13.4. The lowest BCUT2D eigenvalue weighted by Crippen LogP contribution is -2.33. The minimum Gasteiger partial charge on any atom is -0.309 e. The molecule has 3 aromatic rings. The van der Waals surface area contributed by atoms with Crippen molar-refractivity contribution < 1.29 is 4.79 Å². The highest BCUT2D eigenvalue weighted by molar-refractivity contribution is 7.98. The molecule has 0 N–H and O–H groups in total. The zero-order valence-electron chi connectivity index (χ0n) is 17.2. The number of benzene rings is 2. The van der Waals surface area contributed by atoms with E-state index in [1.807, 2.05) is 35.4 Å². The fourth-order valence-corrected chi connectivity index (χ4v) is 4.72. The molecule has 0 aliphatic carbocycles. The highest BCUT2D eigenvalue weighted by atomic mass is 32.2. The molecule has 1 amide bonds. The van der Waals surface area contributed by atoms with E-state index in [4.69, 9.17) is 4.98 Å². The number of carbonyl (C=O) groups is 1. The van der Waals surface area contributed by atoms with Crippen molar-refractivity contribution in [3.8, 4) is 0 Å². The number of amides is 1. The number of thioether (sulfide) groups is 1. The fourth-order valence-electron chi connectivity index (χ4n) is 3.22. The molecule has 4 nitrogen and oxygen atoms in total. The maximum Gasteiger partial charge on any atom is 0.260 e. The van der Waals surface area contributed by atoms with E-state index in [0.29, 0.717) is 12.1 Å². The number of nitrogens with zero attached hydrogens (tertiary/aromatic N) is 3. The Morgan fingerprint density at radius 2 is 1.93 bits per heavy atom. The molecule has 1 aromatic heterocycles. The molecule has 0 fully saturated rings. The van der Waals surface area contributed by atoms with Crippen LogP contribution in [-0.2, 0) is 0 Å². The maximum atomic E-state index is 13.4. The molecule has 0 bridgehead atoms. The average Bonchev–Trinajstić information content (AvgIpc) is 3.08. The average molecular weight is 414 g/mol. The van der Waals surface area contributed by atoms with Crippen LogP contribution in [0.5, 0.6) is 0 Å². The summed E-state index contributed by atoms with van der Waals surface area (Å²) >= 11 is 3.25. The van der Waals surface area contributed by atoms with Gasteiger partial charge in [0.2, 0.25) is 0 Å². The zero-order valence-corrected chi connectivity index (χ0v) is 18.8. The quantitative estimate of drug-likeness (QED) is 0.497. The molecule has 0 aliphatic rings. The van der Waals surface area contributed by atoms with Gasteiger partial charge in [0, 0.05) is 17.0 Å². The van der Waals surface area contributed by atoms with Crippen LogP contribution in [0.1, 0.15) is 27.9 Å². The zero-order chi connectivity index (χ0) is 20.3. The lowest BCUT2D eigenvalue weighted by Gasteiger charge is -2.21. The topological polar surface area (TPSA) is 36.4 Å². The summed E-state index contributed by atoms with van der Waals surface area (Å²) in [6, 6.07) is 12.1. The molecule has 1 heterocycles. The minimum atomic E-state index is 0.0167. The van der Waals surface area contributed by atoms with Gasteiger partial charge in [-0.15, -0.1) is 11.8 Å². The van der Waals surface area contributed by atoms with Crippen molar-refractivity contribution in [3.05, 3.63) is 53.1 Å². The largest absolute Gasteiger partial charge is 0.309 e. The summed E-state index contributed by atoms with van der Waals surface area (Å²) in [6.45, 7) is 5.77. The highest BCUT2D eigenvalue weighted by Gasteiger charge is 2.22. The lowest BCUT2D eigenvalue weighted by molar-refractivity contribution is 0.0986. The highest BCUT2D eigenvalue weighted by Crippen LogP contribution is 2.33. The first-order valence-electron chi connectivity index (χ1n) is 9.37. The molecule has 0 radical (unpaired) electrons. The number of hydrogen-bond acceptors (Lipinski definition) is 5. The summed E-state index contributed by atoms with van der Waals surface area (Å²) in [4.78, 5) is 23.3. The first kappa shape index (κ1) is 20.8. The van der Waals surface area contributed by atoms with Gasteiger partial charge in [0.15, 0.2) is 5.13 Å². The van der Waals surface area contributed by atoms with Crippen LogP contribution in [0.25, 0.3) is 10.2 Å². The number of anilines is 1. The van der Waals surface area contributed by atoms with E-state index in [1.165, 1.54) is 11.1 Å². The number of hydrogen-bond donors (Lipinski definition) is 0. The van der Waals surface area contributed by atoms with E-state index in [0.717, 1.165) is 33.2 Å². The predicted octanol–water partition coefficient (Wildman–Crippen LogP) is 5.23. The lowest BCUT2D eigenvalue weighted by atomic mass is 10.1. The van der Waals surface area contributed by atoms with Crippen molar-refractivity contribution in [2.24, 2.45) is 0 Å². The SMILES string of the molecule is CSc1cccc(C(=O)N(CCCN(C)C)c2nc3cc(C)cc(C)c3s2)c1. The van der Waals surface area contributed by atoms with Crippen molar-refractivity contribution in [1.82, 2.24) is 9.88 Å². The smallest absolute Gasteiger partial charge is 0.260 e. The molecular formula is C22H27N3OS2. The summed E-state index contributed by atoms with van der Waals surface area (Å²) in [6.07, 6.45) is 2.92. The molecule has 28 heavy (non-hydrogen) atoms. The van der Waals surface area contributed by atoms with Gasteiger partial charge in [-0.2, -0.15) is 0 Å². The molecule has 148 valence electrons. The summed E-state index contributed by atoms with van der Waals surface area (Å²) in [7, 11) is 4.11. The molecule has 0 unspecified atom stereocenters. The molecular weight excluding hydrogens is 386 g/mol. The standard InChI is InChI=1S/C22H27N3OS2/c1-15-12-16(2)20-19(13-15)23-22(28-20)25(11-7-10-24(3)4)21(26)17-8-6-9-18(14-17)27-5/h6,8-9,12-14H,7,10-11H2,1-5H3. The van der Waals surface area contributed by atoms with Crippen molar-refractivity contribution in [3.63, 3.8) is 0 Å². The third-order valence-electron chi connectivity index (χ3n) is 4.59. The Hall–Kier alpha value is -1.89. The molecule has 2 aromatic carbocycles. The van der Waals surface area contributed by atoms with Crippen molar-refractivity contribution in [1.29, 1.82) is 0 Å². The molecule has 0 saturated heterocycles. The van der Waals surface area contributed by atoms with Crippen LogP contribution in [0.15, 0.2) is 41.3 Å². The van der Waals surface area contributed by atoms with Crippen molar-refractivity contribution in [2.75, 3.05) is 38.3 Å². The fraction of sp³-hybridized carbons (Fsp3) is 0.364. The Labute approximate surface area is 175 Å². The monoisotopic (exact) mass is 413 g/mol. The van der Waals surface area contributed by atoms with Gasteiger partial charge in [-0.25, -0.2) is 4.98 Å². The Balaban J connectivity index is 1.98. The normalized spacial score (nSPS) is 11.4. The van der Waals surface area contributed by atoms with Crippen LogP contribution >= 0.6 is 23.1 Å². The van der Waals surface area contributed by atoms with Crippen LogP contribution in [0.2, 0.25) is 0 Å². The van der Waals surface area contributed by atoms with Gasteiger partial charge < -0.3 is 4.90 Å². The Morgan fingerprint density at radius 1 is 1.14 bits per heavy atom. The molecule has 0 spiro atoms. The van der Waals surface area contributed by atoms with E-state index in [-0.39, 0.29) is 5.91 Å². The second-order valence-corrected chi connectivity index (χ2v) is 9.13. The third-order valence-corrected chi connectivity index (χ3v) is 6.54. The van der Waals surface area contributed by atoms with E-state index in [2.05, 4.69) is 45.0 Å². The summed E-state index contributed by atoms with van der Waals surface area (Å²) in [5.74, 6) is 0.0167. The summed E-state index contributed by atoms with van der Waals surface area (Å²) in [5, 5.41) is 0.780. The summed E-state index contributed by atoms with van der Waals surface area (Å²) < 4.78 is 1.16. The second kappa shape index (κ2) is 9.07. The van der Waals surface area contributed by atoms with Gasteiger partial charge in [0.25, 0.3) is 5.91 Å². The first-order valence-corrected chi connectivity index (χ1v) is 11.4. The van der Waals surface area contributed by atoms with Gasteiger partial charge in [-0.1, -0.05) is 23.5 Å². The number of carbonyl (C=O) groups excluding carboxylic acids is 1. The summed E-state index contributed by atoms with van der Waals surface area (Å²) in [5.41, 5.74) is 4.09. The Morgan fingerprint density at radius 3 is 2.64 bits per heavy atom. The molecule has 3 rings (SSSR count). The Kier molecular flexibility index (Phi) is 6.75. The molecule has 0 atom stereocenters. The number of thiazole rings is 1. The first-order chi connectivity index (χ1) is 13.4. The number of aryl methyl sites for hydroxylation is 2. The van der Waals surface area contributed by atoms with Gasteiger partial charge in [0.1, 0.15) is 0 Å². The van der Waals surface area contributed by atoms with Crippen molar-refractivity contribution in [2.45, 2.75) is 25.2 Å². The van der Waals surface area contributed by atoms with Crippen LogP contribution in [0, 0.1) is 13.8 Å². The van der Waals surface area contributed by atoms with Gasteiger partial charge in [-0.3, -0.25) is 9.69 Å². The van der Waals surface area contributed by atoms with Crippen LogP contribution in [0.4, 0.5) is 5.13 Å². The van der Waals surface area contributed by atoms with Crippen LogP contribution in [-0.4, -0.2) is 49.2 Å². The van der Waals surface area contributed by atoms with E-state index >= 15 is 0 Å². The van der Waals surface area contributed by atoms with Gasteiger partial charge >= 0.3 is 0 Å². The van der Waals surface area contributed by atoms with Crippen LogP contribution < -0.4 is 4.90 Å². The van der Waals surface area contributed by atoms with E-state index < -0.39 is 0 Å². The second-order valence-electron chi connectivity index (χ2n) is 7.27. The minimum absolute atomic E-state index is 0.0167. The number of aromatic nitrogens is 1. The van der Waals surface area contributed by atoms with Gasteiger partial charge in [-0.05, 0) is 82.6 Å². The Bertz CT molecular complexity index is 981. The number of rotatable bonds is 7. The molecule has 6 heteroatoms. The van der Waals surface area contributed by atoms with E-state index in [1.54, 1.807) is 23.1 Å². The molecule has 0 saturated carbocycles. The van der Waals surface area contributed by atoms with Gasteiger partial charge in [0.05, 0.1) is 10.2 Å².